The lowest BCUT2D eigenvalue weighted by atomic mass is 9.56. The summed E-state index contributed by atoms with van der Waals surface area (Å²) >= 11 is 0. The Balaban J connectivity index is 1.27. The van der Waals surface area contributed by atoms with E-state index in [1.807, 2.05) is 25.3 Å². The Kier molecular flexibility index (Phi) is 6.86. The molecule has 1 spiro atoms. The second kappa shape index (κ2) is 10.3. The minimum Gasteiger partial charge on any atom is -0.496 e. The van der Waals surface area contributed by atoms with Gasteiger partial charge >= 0.3 is 0 Å². The molecule has 1 aliphatic carbocycles. The van der Waals surface area contributed by atoms with E-state index >= 15 is 0 Å². The van der Waals surface area contributed by atoms with E-state index in [2.05, 4.69) is 52.5 Å². The van der Waals surface area contributed by atoms with Crippen LogP contribution in [0.3, 0.4) is 0 Å². The van der Waals surface area contributed by atoms with E-state index in [1.54, 1.807) is 7.11 Å². The van der Waals surface area contributed by atoms with Crippen LogP contribution in [0.2, 0.25) is 0 Å². The number of fused-ring (bicyclic) bond motifs is 1. The predicted molar refractivity (Wildman–Crippen MR) is 150 cm³/mol. The van der Waals surface area contributed by atoms with E-state index in [0.29, 0.717) is 24.7 Å². The number of likely N-dealkylation sites (tertiary alicyclic amines) is 1. The van der Waals surface area contributed by atoms with Crippen LogP contribution in [0.1, 0.15) is 65.7 Å². The number of amides is 1. The number of hydrogen-bond acceptors (Lipinski definition) is 5. The highest BCUT2D eigenvalue weighted by atomic mass is 16.5. The molecule has 2 N–H and O–H groups in total. The summed E-state index contributed by atoms with van der Waals surface area (Å²) in [6.07, 6.45) is 6.12. The first-order valence-electron chi connectivity index (χ1n) is 14.2. The van der Waals surface area contributed by atoms with Crippen molar-refractivity contribution in [3.63, 3.8) is 0 Å². The maximum Gasteiger partial charge on any atom is 0.251 e. The van der Waals surface area contributed by atoms with Crippen molar-refractivity contribution in [2.75, 3.05) is 26.9 Å². The monoisotopic (exact) mass is 526 g/mol. The molecule has 39 heavy (non-hydrogen) atoms. The maximum absolute atomic E-state index is 12.9. The van der Waals surface area contributed by atoms with Crippen molar-refractivity contribution in [1.82, 2.24) is 15.2 Å². The Labute approximate surface area is 230 Å². The molecule has 7 nitrogen and oxygen atoms in total. The molecule has 2 aromatic carbocycles. The van der Waals surface area contributed by atoms with Crippen molar-refractivity contribution >= 4 is 16.8 Å². The van der Waals surface area contributed by atoms with Crippen molar-refractivity contribution in [3.8, 4) is 11.8 Å². The Morgan fingerprint density at radius 3 is 2.69 bits per heavy atom. The highest BCUT2D eigenvalue weighted by Gasteiger charge is 2.49. The number of aromatic amines is 1. The summed E-state index contributed by atoms with van der Waals surface area (Å²) in [7, 11) is 1.75. The lowest BCUT2D eigenvalue weighted by Gasteiger charge is -2.53. The largest absolute Gasteiger partial charge is 0.496 e. The van der Waals surface area contributed by atoms with Crippen molar-refractivity contribution in [2.24, 2.45) is 17.3 Å². The van der Waals surface area contributed by atoms with Crippen LogP contribution in [0.5, 0.6) is 5.75 Å². The zero-order valence-electron chi connectivity index (χ0n) is 23.1. The minimum atomic E-state index is -0.0342. The van der Waals surface area contributed by atoms with Crippen LogP contribution in [0.4, 0.5) is 0 Å². The summed E-state index contributed by atoms with van der Waals surface area (Å²) in [6, 6.07) is 15.2. The van der Waals surface area contributed by atoms with Gasteiger partial charge in [0.2, 0.25) is 0 Å². The van der Waals surface area contributed by atoms with Gasteiger partial charge in [0.15, 0.2) is 0 Å². The number of hydrogen-bond donors (Lipinski definition) is 2. The molecule has 3 aliphatic rings. The average Bonchev–Trinajstić information content (AvgIpc) is 3.39. The third kappa shape index (κ3) is 4.81. The highest BCUT2D eigenvalue weighted by molar-refractivity contribution is 5.94. The van der Waals surface area contributed by atoms with Crippen molar-refractivity contribution in [3.05, 3.63) is 64.8 Å². The number of aryl methyl sites for hydroxylation is 1. The third-order valence-corrected chi connectivity index (χ3v) is 9.52. The molecule has 6 rings (SSSR count). The van der Waals surface area contributed by atoms with Crippen LogP contribution >= 0.6 is 0 Å². The number of benzene rings is 2. The number of nitriles is 1. The summed E-state index contributed by atoms with van der Waals surface area (Å²) in [6.45, 7) is 7.34. The van der Waals surface area contributed by atoms with Gasteiger partial charge in [0, 0.05) is 58.7 Å². The molecule has 1 saturated carbocycles. The number of ether oxygens (including phenoxy) is 2. The molecule has 0 radical (unpaired) electrons. The van der Waals surface area contributed by atoms with Gasteiger partial charge in [-0.1, -0.05) is 12.1 Å². The van der Waals surface area contributed by atoms with Gasteiger partial charge in [-0.2, -0.15) is 5.26 Å². The van der Waals surface area contributed by atoms with Crippen LogP contribution in [0, 0.1) is 35.5 Å². The zero-order chi connectivity index (χ0) is 27.1. The minimum absolute atomic E-state index is 0.0342. The standard InChI is InChI=1S/C32H38N4O3/c1-20-12-29(38-3)27(26-8-10-34-30(20)26)17-36-11-9-32(13-22(14-32)16-33)15-28(36)23-4-6-24(7-5-23)31(37)35-21(2)25-18-39-19-25/h4-8,10,12,21-22,25,28,34H,9,11,13-15,17-19H2,1-3H3,(H,35,37)/t21?,22?,28-,32?/m0/s1. The first-order chi connectivity index (χ1) is 18.9. The van der Waals surface area contributed by atoms with Crippen molar-refractivity contribution in [2.45, 2.75) is 58.2 Å². The first kappa shape index (κ1) is 25.9. The molecule has 3 aromatic rings. The smallest absolute Gasteiger partial charge is 0.251 e. The Morgan fingerprint density at radius 1 is 1.26 bits per heavy atom. The van der Waals surface area contributed by atoms with Crippen LogP contribution in [0.25, 0.3) is 10.9 Å². The molecule has 204 valence electrons. The number of rotatable bonds is 7. The van der Waals surface area contributed by atoms with Gasteiger partial charge in [-0.15, -0.1) is 0 Å². The molecule has 1 amide bonds. The molecule has 1 aromatic heterocycles. The summed E-state index contributed by atoms with van der Waals surface area (Å²) in [5, 5.41) is 13.8. The fourth-order valence-electron chi connectivity index (χ4n) is 6.93. The normalized spacial score (nSPS) is 26.0. The molecule has 7 heteroatoms. The molecule has 3 fully saturated rings. The molecule has 3 heterocycles. The van der Waals surface area contributed by atoms with E-state index < -0.39 is 0 Å². The van der Waals surface area contributed by atoms with Gasteiger partial charge in [0.1, 0.15) is 5.75 Å². The number of piperidine rings is 1. The van der Waals surface area contributed by atoms with E-state index in [1.165, 1.54) is 22.1 Å². The molecule has 2 saturated heterocycles. The van der Waals surface area contributed by atoms with E-state index in [4.69, 9.17) is 9.47 Å². The fraction of sp³-hybridized carbons (Fsp3) is 0.500. The van der Waals surface area contributed by atoms with Crippen LogP contribution in [0.15, 0.2) is 42.6 Å². The fourth-order valence-corrected chi connectivity index (χ4v) is 6.93. The number of carbonyl (C=O) groups excluding carboxylic acids is 1. The Hall–Kier alpha value is -3.34. The quantitative estimate of drug-likeness (QED) is 0.424. The highest BCUT2D eigenvalue weighted by Crippen LogP contribution is 2.56. The zero-order valence-corrected chi connectivity index (χ0v) is 23.1. The average molecular weight is 527 g/mol. The number of carbonyl (C=O) groups is 1. The number of H-pyrrole nitrogens is 1. The molecule has 1 unspecified atom stereocenters. The van der Waals surface area contributed by atoms with Gasteiger partial charge in [-0.05, 0) is 86.9 Å². The van der Waals surface area contributed by atoms with E-state index in [9.17, 15) is 10.1 Å². The number of nitrogens with zero attached hydrogens (tertiary/aromatic N) is 2. The Morgan fingerprint density at radius 2 is 2.03 bits per heavy atom. The molecule has 2 aliphatic heterocycles. The van der Waals surface area contributed by atoms with Gasteiger partial charge in [0.05, 0.1) is 26.4 Å². The van der Waals surface area contributed by atoms with Gasteiger partial charge in [0.25, 0.3) is 5.91 Å². The van der Waals surface area contributed by atoms with E-state index in [-0.39, 0.29) is 29.3 Å². The second-order valence-corrected chi connectivity index (χ2v) is 12.0. The van der Waals surface area contributed by atoms with Gasteiger partial charge < -0.3 is 19.8 Å². The SMILES string of the molecule is COc1cc(C)c2[nH]ccc2c1CN1CCC2(CC(C#N)C2)C[C@H]1c1ccc(C(=O)NC(C)C2COC2)cc1. The lowest BCUT2D eigenvalue weighted by molar-refractivity contribution is -0.0453. The molecule has 2 atom stereocenters. The van der Waals surface area contributed by atoms with Crippen molar-refractivity contribution < 1.29 is 14.3 Å². The number of aromatic nitrogens is 1. The first-order valence-corrected chi connectivity index (χ1v) is 14.2. The van der Waals surface area contributed by atoms with Crippen LogP contribution < -0.4 is 10.1 Å². The van der Waals surface area contributed by atoms with Gasteiger partial charge in [-0.25, -0.2) is 0 Å². The third-order valence-electron chi connectivity index (χ3n) is 9.52. The summed E-state index contributed by atoms with van der Waals surface area (Å²) in [4.78, 5) is 18.9. The lowest BCUT2D eigenvalue weighted by Crippen LogP contribution is -2.48. The van der Waals surface area contributed by atoms with E-state index in [0.717, 1.165) is 50.0 Å². The number of methoxy groups -OCH3 is 1. The van der Waals surface area contributed by atoms with Crippen LogP contribution in [-0.4, -0.2) is 48.7 Å². The van der Waals surface area contributed by atoms with Crippen LogP contribution in [-0.2, 0) is 11.3 Å². The molecular weight excluding hydrogens is 488 g/mol. The number of nitrogens with one attached hydrogen (secondary N) is 2. The summed E-state index contributed by atoms with van der Waals surface area (Å²) in [5.74, 6) is 1.46. The topological polar surface area (TPSA) is 90.4 Å². The molecular formula is C32H38N4O3. The second-order valence-electron chi connectivity index (χ2n) is 12.0. The summed E-state index contributed by atoms with van der Waals surface area (Å²) < 4.78 is 11.1. The van der Waals surface area contributed by atoms with Gasteiger partial charge in [-0.3, -0.25) is 9.69 Å². The van der Waals surface area contributed by atoms with Crippen molar-refractivity contribution in [1.29, 1.82) is 5.26 Å². The summed E-state index contributed by atoms with van der Waals surface area (Å²) in [5.41, 5.74) is 5.68. The Bertz CT molecular complexity index is 1400. The predicted octanol–water partition coefficient (Wildman–Crippen LogP) is 5.51. The molecule has 0 bridgehead atoms. The maximum atomic E-state index is 12.9.